The molecular weight excluding hydrogens is 430 g/mol. The molecule has 1 amide bonds. The molecule has 31 heavy (non-hydrogen) atoms. The zero-order valence-corrected chi connectivity index (χ0v) is 19.4. The third-order valence-electron chi connectivity index (χ3n) is 5.54. The van der Waals surface area contributed by atoms with Crippen molar-refractivity contribution in [1.82, 2.24) is 19.7 Å². The third-order valence-corrected chi connectivity index (χ3v) is 6.90. The molecule has 2 heterocycles. The largest absolute Gasteiger partial charge is 0.368 e. The minimum Gasteiger partial charge on any atom is -0.368 e. The molecule has 1 aromatic heterocycles. The van der Waals surface area contributed by atoms with Gasteiger partial charge < -0.3 is 14.4 Å². The number of hydrogen-bond donors (Lipinski definition) is 0. The lowest BCUT2D eigenvalue weighted by Crippen LogP contribution is -2.49. The maximum absolute atomic E-state index is 12.8. The summed E-state index contributed by atoms with van der Waals surface area (Å²) in [7, 11) is 0. The molecule has 2 aromatic carbocycles. The number of nitrogens with zero attached hydrogens (tertiary/aromatic N) is 5. The van der Waals surface area contributed by atoms with Crippen molar-refractivity contribution in [2.24, 2.45) is 0 Å². The Morgan fingerprint density at radius 3 is 2.48 bits per heavy atom. The zero-order chi connectivity index (χ0) is 21.8. The summed E-state index contributed by atoms with van der Waals surface area (Å²) in [6.45, 7) is 7.93. The first-order valence-corrected chi connectivity index (χ1v) is 11.8. The topological polar surface area (TPSA) is 54.3 Å². The van der Waals surface area contributed by atoms with Crippen LogP contribution in [0.1, 0.15) is 12.5 Å². The van der Waals surface area contributed by atoms with Crippen molar-refractivity contribution in [3.8, 4) is 11.4 Å². The van der Waals surface area contributed by atoms with Gasteiger partial charge in [0.05, 0.1) is 5.75 Å². The molecule has 0 unspecified atom stereocenters. The van der Waals surface area contributed by atoms with Crippen molar-refractivity contribution < 1.29 is 4.79 Å². The predicted molar refractivity (Wildman–Crippen MR) is 127 cm³/mol. The van der Waals surface area contributed by atoms with Gasteiger partial charge in [0.15, 0.2) is 11.0 Å². The van der Waals surface area contributed by atoms with E-state index in [2.05, 4.69) is 34.2 Å². The second-order valence-corrected chi connectivity index (χ2v) is 8.86. The van der Waals surface area contributed by atoms with Gasteiger partial charge in [-0.2, -0.15) is 0 Å². The molecule has 0 spiro atoms. The lowest BCUT2D eigenvalue weighted by molar-refractivity contribution is -0.128. The van der Waals surface area contributed by atoms with Gasteiger partial charge in [-0.05, 0) is 37.6 Å². The van der Waals surface area contributed by atoms with Crippen LogP contribution in [-0.4, -0.2) is 57.5 Å². The summed E-state index contributed by atoms with van der Waals surface area (Å²) >= 11 is 7.73. The number of halogens is 1. The number of amides is 1. The lowest BCUT2D eigenvalue weighted by atomic mass is 10.1. The standard InChI is InChI=1S/C23H26ClN5OS/c1-3-29-22(18-10-9-17(2)20(24)15-18)25-26-23(29)31-16-21(30)28-13-11-27(12-14-28)19-7-5-4-6-8-19/h4-10,15H,3,11-14,16H2,1-2H3. The van der Waals surface area contributed by atoms with E-state index in [1.807, 2.05) is 52.8 Å². The summed E-state index contributed by atoms with van der Waals surface area (Å²) in [5, 5.41) is 10.2. The maximum atomic E-state index is 12.8. The van der Waals surface area contributed by atoms with Gasteiger partial charge in [0.1, 0.15) is 0 Å². The molecular formula is C23H26ClN5OS. The number of carbonyl (C=O) groups is 1. The van der Waals surface area contributed by atoms with Gasteiger partial charge in [0.2, 0.25) is 5.91 Å². The normalized spacial score (nSPS) is 14.2. The fourth-order valence-corrected chi connectivity index (χ4v) is 4.78. The first-order valence-electron chi connectivity index (χ1n) is 10.5. The van der Waals surface area contributed by atoms with Crippen molar-refractivity contribution in [1.29, 1.82) is 0 Å². The Labute approximate surface area is 192 Å². The molecule has 0 atom stereocenters. The van der Waals surface area contributed by atoms with Crippen LogP contribution in [0.4, 0.5) is 5.69 Å². The molecule has 1 saturated heterocycles. The van der Waals surface area contributed by atoms with Gasteiger partial charge in [-0.3, -0.25) is 4.79 Å². The average Bonchev–Trinajstić information content (AvgIpc) is 3.23. The smallest absolute Gasteiger partial charge is 0.233 e. The van der Waals surface area contributed by atoms with Crippen LogP contribution in [0, 0.1) is 6.92 Å². The van der Waals surface area contributed by atoms with E-state index in [4.69, 9.17) is 11.6 Å². The molecule has 162 valence electrons. The van der Waals surface area contributed by atoms with Gasteiger partial charge in [-0.25, -0.2) is 0 Å². The van der Waals surface area contributed by atoms with Gasteiger partial charge in [-0.15, -0.1) is 10.2 Å². The summed E-state index contributed by atoms with van der Waals surface area (Å²) in [6, 6.07) is 16.3. The van der Waals surface area contributed by atoms with Gasteiger partial charge >= 0.3 is 0 Å². The summed E-state index contributed by atoms with van der Waals surface area (Å²) < 4.78 is 2.03. The highest BCUT2D eigenvalue weighted by molar-refractivity contribution is 7.99. The fourth-order valence-electron chi connectivity index (χ4n) is 3.70. The number of anilines is 1. The second-order valence-electron chi connectivity index (χ2n) is 7.51. The molecule has 4 rings (SSSR count). The number of benzene rings is 2. The monoisotopic (exact) mass is 455 g/mol. The predicted octanol–water partition coefficient (Wildman–Crippen LogP) is 4.37. The molecule has 1 aliphatic rings. The van der Waals surface area contributed by atoms with Crippen LogP contribution >= 0.6 is 23.4 Å². The molecule has 0 aliphatic carbocycles. The maximum Gasteiger partial charge on any atom is 0.233 e. The van der Waals surface area contributed by atoms with E-state index >= 15 is 0 Å². The van der Waals surface area contributed by atoms with E-state index < -0.39 is 0 Å². The SMILES string of the molecule is CCn1c(SCC(=O)N2CCN(c3ccccc3)CC2)nnc1-c1ccc(C)c(Cl)c1. The number of rotatable bonds is 6. The Balaban J connectivity index is 1.36. The molecule has 0 radical (unpaired) electrons. The fraction of sp³-hybridized carbons (Fsp3) is 0.348. The van der Waals surface area contributed by atoms with E-state index in [1.165, 1.54) is 17.4 Å². The number of hydrogen-bond acceptors (Lipinski definition) is 5. The van der Waals surface area contributed by atoms with Crippen LogP contribution in [-0.2, 0) is 11.3 Å². The lowest BCUT2D eigenvalue weighted by Gasteiger charge is -2.36. The van der Waals surface area contributed by atoms with Gasteiger partial charge in [-0.1, -0.05) is 53.7 Å². The Morgan fingerprint density at radius 2 is 1.81 bits per heavy atom. The molecule has 0 saturated carbocycles. The quantitative estimate of drug-likeness (QED) is 0.516. The molecule has 0 bridgehead atoms. The Kier molecular flexibility index (Phi) is 6.83. The van der Waals surface area contributed by atoms with E-state index in [1.54, 1.807) is 0 Å². The van der Waals surface area contributed by atoms with Crippen LogP contribution in [0.2, 0.25) is 5.02 Å². The van der Waals surface area contributed by atoms with Crippen LogP contribution in [0.25, 0.3) is 11.4 Å². The van der Waals surface area contributed by atoms with Crippen molar-refractivity contribution in [3.05, 3.63) is 59.1 Å². The van der Waals surface area contributed by atoms with E-state index in [0.29, 0.717) is 10.8 Å². The molecule has 1 aliphatic heterocycles. The van der Waals surface area contributed by atoms with Crippen LogP contribution in [0.15, 0.2) is 53.7 Å². The zero-order valence-electron chi connectivity index (χ0n) is 17.8. The number of carbonyl (C=O) groups excluding carboxylic acids is 1. The van der Waals surface area contributed by atoms with Crippen molar-refractivity contribution in [3.63, 3.8) is 0 Å². The highest BCUT2D eigenvalue weighted by Gasteiger charge is 2.22. The molecule has 3 aromatic rings. The minimum atomic E-state index is 0.142. The average molecular weight is 456 g/mol. The van der Waals surface area contributed by atoms with Crippen molar-refractivity contribution in [2.45, 2.75) is 25.5 Å². The highest BCUT2D eigenvalue weighted by atomic mass is 35.5. The Hall–Kier alpha value is -2.51. The summed E-state index contributed by atoms with van der Waals surface area (Å²) in [4.78, 5) is 17.1. The molecule has 6 nitrogen and oxygen atoms in total. The van der Waals surface area contributed by atoms with E-state index in [9.17, 15) is 4.79 Å². The first kappa shape index (κ1) is 21.7. The van der Waals surface area contributed by atoms with Gasteiger partial charge in [0, 0.05) is 49.0 Å². The minimum absolute atomic E-state index is 0.142. The summed E-state index contributed by atoms with van der Waals surface area (Å²) in [5.41, 5.74) is 3.17. The van der Waals surface area contributed by atoms with Crippen molar-refractivity contribution >= 4 is 35.0 Å². The number of aromatic nitrogens is 3. The van der Waals surface area contributed by atoms with Crippen LogP contribution in [0.3, 0.4) is 0 Å². The first-order chi connectivity index (χ1) is 15.1. The number of aryl methyl sites for hydroxylation is 1. The molecule has 8 heteroatoms. The number of piperazine rings is 1. The number of para-hydroxylation sites is 1. The molecule has 0 N–H and O–H groups in total. The van der Waals surface area contributed by atoms with E-state index in [0.717, 1.165) is 54.8 Å². The second kappa shape index (κ2) is 9.75. The van der Waals surface area contributed by atoms with E-state index in [-0.39, 0.29) is 5.91 Å². The van der Waals surface area contributed by atoms with Crippen LogP contribution in [0.5, 0.6) is 0 Å². The summed E-state index contributed by atoms with van der Waals surface area (Å²) in [5.74, 6) is 1.28. The van der Waals surface area contributed by atoms with Gasteiger partial charge in [0.25, 0.3) is 0 Å². The Morgan fingerprint density at radius 1 is 1.06 bits per heavy atom. The Bertz CT molecular complexity index is 1050. The van der Waals surface area contributed by atoms with Crippen molar-refractivity contribution in [2.75, 3.05) is 36.8 Å². The highest BCUT2D eigenvalue weighted by Crippen LogP contribution is 2.27. The third kappa shape index (κ3) is 4.88. The van der Waals surface area contributed by atoms with Crippen LogP contribution < -0.4 is 4.90 Å². The summed E-state index contributed by atoms with van der Waals surface area (Å²) in [6.07, 6.45) is 0. The number of thioether (sulfide) groups is 1. The molecule has 1 fully saturated rings.